The zero-order valence-corrected chi connectivity index (χ0v) is 11.4. The highest BCUT2D eigenvalue weighted by molar-refractivity contribution is 9.12. The van der Waals surface area contributed by atoms with Gasteiger partial charge in [-0.15, -0.1) is 0 Å². The van der Waals surface area contributed by atoms with Crippen molar-refractivity contribution in [2.75, 3.05) is 6.54 Å². The van der Waals surface area contributed by atoms with E-state index in [0.29, 0.717) is 6.04 Å². The van der Waals surface area contributed by atoms with Crippen molar-refractivity contribution in [3.8, 4) is 0 Å². The Morgan fingerprint density at radius 2 is 2.27 bits per heavy atom. The highest BCUT2D eigenvalue weighted by Gasteiger charge is 2.14. The Labute approximate surface area is 102 Å². The molecule has 0 aromatic heterocycles. The van der Waals surface area contributed by atoms with Crippen molar-refractivity contribution >= 4 is 15.9 Å². The van der Waals surface area contributed by atoms with Gasteiger partial charge in [0.05, 0.1) is 0 Å². The molecule has 1 nitrogen and oxygen atoms in total. The van der Waals surface area contributed by atoms with Crippen LogP contribution in [0.1, 0.15) is 46.0 Å². The summed E-state index contributed by atoms with van der Waals surface area (Å²) in [5.74, 6) is 0. The first-order chi connectivity index (χ1) is 7.27. The Balaban J connectivity index is 2.49. The van der Waals surface area contributed by atoms with Gasteiger partial charge >= 0.3 is 0 Å². The lowest BCUT2D eigenvalue weighted by Gasteiger charge is -2.24. The smallest absolute Gasteiger partial charge is 0.0164 e. The Hall–Kier alpha value is -0.0800. The summed E-state index contributed by atoms with van der Waals surface area (Å²) >= 11 is 3.66. The van der Waals surface area contributed by atoms with Crippen molar-refractivity contribution in [2.24, 2.45) is 0 Å². The average Bonchev–Trinajstić information content (AvgIpc) is 2.27. The maximum atomic E-state index is 3.66. The molecule has 86 valence electrons. The number of piperidine rings is 1. The van der Waals surface area contributed by atoms with E-state index in [4.69, 9.17) is 0 Å². The Kier molecular flexibility index (Phi) is 6.26. The fraction of sp³-hybridized carbons (Fsp3) is 0.692. The van der Waals surface area contributed by atoms with E-state index in [1.165, 1.54) is 35.9 Å². The summed E-state index contributed by atoms with van der Waals surface area (Å²) in [6.45, 7) is 5.49. The number of nitrogens with one attached hydrogen (secondary N) is 1. The van der Waals surface area contributed by atoms with Crippen LogP contribution in [0.5, 0.6) is 0 Å². The summed E-state index contributed by atoms with van der Waals surface area (Å²) in [6, 6.07) is 0.683. The first-order valence-electron chi connectivity index (χ1n) is 6.02. The van der Waals surface area contributed by atoms with Gasteiger partial charge in [-0.1, -0.05) is 41.4 Å². The van der Waals surface area contributed by atoms with Crippen LogP contribution < -0.4 is 5.32 Å². The molecule has 0 spiro atoms. The second-order valence-electron chi connectivity index (χ2n) is 4.13. The maximum Gasteiger partial charge on any atom is 0.0164 e. The summed E-state index contributed by atoms with van der Waals surface area (Å²) < 4.78 is 1.28. The zero-order valence-electron chi connectivity index (χ0n) is 9.85. The maximum absolute atomic E-state index is 3.66. The van der Waals surface area contributed by atoms with Crippen LogP contribution in [0.25, 0.3) is 0 Å². The highest BCUT2D eigenvalue weighted by Crippen LogP contribution is 2.24. The molecule has 1 unspecified atom stereocenters. The number of halogens is 1. The van der Waals surface area contributed by atoms with Crippen molar-refractivity contribution in [1.82, 2.24) is 5.32 Å². The van der Waals surface area contributed by atoms with Crippen LogP contribution in [-0.4, -0.2) is 12.6 Å². The van der Waals surface area contributed by atoms with Gasteiger partial charge in [0.2, 0.25) is 0 Å². The van der Waals surface area contributed by atoms with Crippen LogP contribution in [0.4, 0.5) is 0 Å². The van der Waals surface area contributed by atoms with Crippen molar-refractivity contribution in [3.63, 3.8) is 0 Å². The molecule has 0 amide bonds. The highest BCUT2D eigenvalue weighted by atomic mass is 79.9. The van der Waals surface area contributed by atoms with E-state index in [0.717, 1.165) is 12.8 Å². The van der Waals surface area contributed by atoms with Crippen molar-refractivity contribution < 1.29 is 0 Å². The lowest BCUT2D eigenvalue weighted by molar-refractivity contribution is 0.400. The van der Waals surface area contributed by atoms with E-state index in [2.05, 4.69) is 47.2 Å². The van der Waals surface area contributed by atoms with E-state index in [1.54, 1.807) is 0 Å². The molecule has 0 bridgehead atoms. The van der Waals surface area contributed by atoms with Crippen LogP contribution in [0.2, 0.25) is 0 Å². The molecule has 15 heavy (non-hydrogen) atoms. The molecule has 1 atom stereocenters. The number of rotatable bonds is 4. The van der Waals surface area contributed by atoms with Crippen molar-refractivity contribution in [3.05, 3.63) is 22.2 Å². The summed E-state index contributed by atoms with van der Waals surface area (Å²) in [6.07, 6.45) is 10.8. The van der Waals surface area contributed by atoms with Crippen molar-refractivity contribution in [2.45, 2.75) is 52.0 Å². The summed E-state index contributed by atoms with van der Waals surface area (Å²) in [5, 5.41) is 3.59. The largest absolute Gasteiger partial charge is 0.314 e. The molecule has 1 heterocycles. The van der Waals surface area contributed by atoms with E-state index in [9.17, 15) is 0 Å². The SMILES string of the molecule is C/C=C(CC1CCCCN1)\C(Br)=C/CC. The van der Waals surface area contributed by atoms with Crippen LogP contribution >= 0.6 is 15.9 Å². The Bertz CT molecular complexity index is 237. The average molecular weight is 272 g/mol. The van der Waals surface area contributed by atoms with Gasteiger partial charge in [-0.3, -0.25) is 0 Å². The Morgan fingerprint density at radius 3 is 2.80 bits per heavy atom. The molecule has 1 rings (SSSR count). The van der Waals surface area contributed by atoms with Crippen LogP contribution in [-0.2, 0) is 0 Å². The molecule has 1 aliphatic heterocycles. The Morgan fingerprint density at radius 1 is 1.47 bits per heavy atom. The normalized spacial score (nSPS) is 24.3. The zero-order chi connectivity index (χ0) is 11.1. The summed E-state index contributed by atoms with van der Waals surface area (Å²) in [5.41, 5.74) is 1.44. The number of hydrogen-bond donors (Lipinski definition) is 1. The monoisotopic (exact) mass is 271 g/mol. The van der Waals surface area contributed by atoms with E-state index in [-0.39, 0.29) is 0 Å². The van der Waals surface area contributed by atoms with Gasteiger partial charge in [-0.2, -0.15) is 0 Å². The minimum atomic E-state index is 0.683. The van der Waals surface area contributed by atoms with Crippen LogP contribution in [0.3, 0.4) is 0 Å². The lowest BCUT2D eigenvalue weighted by Crippen LogP contribution is -2.34. The predicted octanol–water partition coefficient (Wildman–Crippen LogP) is 4.15. The van der Waals surface area contributed by atoms with Gasteiger partial charge < -0.3 is 5.32 Å². The molecule has 2 heteroatoms. The van der Waals surface area contributed by atoms with Gasteiger partial charge in [0, 0.05) is 10.5 Å². The summed E-state index contributed by atoms with van der Waals surface area (Å²) in [7, 11) is 0. The van der Waals surface area contributed by atoms with Crippen LogP contribution in [0.15, 0.2) is 22.2 Å². The van der Waals surface area contributed by atoms with Crippen molar-refractivity contribution in [1.29, 1.82) is 0 Å². The van der Waals surface area contributed by atoms with Crippen LogP contribution in [0, 0.1) is 0 Å². The molecule has 0 saturated carbocycles. The number of hydrogen-bond acceptors (Lipinski definition) is 1. The van der Waals surface area contributed by atoms with E-state index < -0.39 is 0 Å². The molecule has 1 saturated heterocycles. The first-order valence-corrected chi connectivity index (χ1v) is 6.81. The summed E-state index contributed by atoms with van der Waals surface area (Å²) in [4.78, 5) is 0. The molecule has 0 aromatic rings. The minimum absolute atomic E-state index is 0.683. The standard InChI is InChI=1S/C13H22BrN/c1-3-7-13(14)11(4-2)10-12-8-5-6-9-15-12/h4,7,12,15H,3,5-6,8-10H2,1-2H3/b11-4-,13-7+. The molecule has 1 aliphatic rings. The van der Waals surface area contributed by atoms with Gasteiger partial charge in [-0.25, -0.2) is 0 Å². The lowest BCUT2D eigenvalue weighted by atomic mass is 9.97. The molecular formula is C13H22BrN. The fourth-order valence-electron chi connectivity index (χ4n) is 2.03. The van der Waals surface area contributed by atoms with E-state index >= 15 is 0 Å². The van der Waals surface area contributed by atoms with Gasteiger partial charge in [0.1, 0.15) is 0 Å². The second kappa shape index (κ2) is 7.24. The second-order valence-corrected chi connectivity index (χ2v) is 4.98. The molecule has 0 aromatic carbocycles. The third-order valence-corrected chi connectivity index (χ3v) is 3.75. The molecule has 1 N–H and O–H groups in total. The third kappa shape index (κ3) is 4.52. The first kappa shape index (κ1) is 13.0. The van der Waals surface area contributed by atoms with Gasteiger partial charge in [-0.05, 0) is 44.7 Å². The molecular weight excluding hydrogens is 250 g/mol. The topological polar surface area (TPSA) is 12.0 Å². The van der Waals surface area contributed by atoms with Gasteiger partial charge in [0.15, 0.2) is 0 Å². The number of allylic oxidation sites excluding steroid dienone is 3. The predicted molar refractivity (Wildman–Crippen MR) is 71.3 cm³/mol. The molecule has 0 radical (unpaired) electrons. The fourth-order valence-corrected chi connectivity index (χ4v) is 2.74. The molecule has 0 aliphatic carbocycles. The van der Waals surface area contributed by atoms with E-state index in [1.807, 2.05) is 0 Å². The minimum Gasteiger partial charge on any atom is -0.314 e. The third-order valence-electron chi connectivity index (χ3n) is 2.92. The van der Waals surface area contributed by atoms with Gasteiger partial charge in [0.25, 0.3) is 0 Å². The molecule has 1 fully saturated rings. The quantitative estimate of drug-likeness (QED) is 0.758.